The fraction of sp³-hybridized carbons (Fsp3) is 0.263. The van der Waals surface area contributed by atoms with Crippen LogP contribution >= 0.6 is 0 Å². The molecule has 0 radical (unpaired) electrons. The first-order chi connectivity index (χ1) is 11.5. The van der Waals surface area contributed by atoms with Crippen LogP contribution in [0.3, 0.4) is 0 Å². The molecule has 0 aromatic heterocycles. The molecular formula is C19H19FN2O2. The van der Waals surface area contributed by atoms with Crippen LogP contribution in [0.1, 0.15) is 31.0 Å². The number of carbonyl (C=O) groups excluding carboxylic acids is 1. The van der Waals surface area contributed by atoms with Gasteiger partial charge in [-0.05, 0) is 41.8 Å². The largest absolute Gasteiger partial charge is 0.484 e. The average molecular weight is 326 g/mol. The summed E-state index contributed by atoms with van der Waals surface area (Å²) < 4.78 is 18.5. The number of benzene rings is 2. The van der Waals surface area contributed by atoms with Crippen LogP contribution in [0, 0.1) is 23.1 Å². The lowest BCUT2D eigenvalue weighted by Gasteiger charge is -2.23. The molecule has 1 atom stereocenters. The fourth-order valence-electron chi connectivity index (χ4n) is 2.32. The maximum absolute atomic E-state index is 13.1. The number of hydrogen-bond acceptors (Lipinski definition) is 3. The van der Waals surface area contributed by atoms with Crippen molar-refractivity contribution in [2.75, 3.05) is 6.61 Å². The first kappa shape index (κ1) is 17.5. The summed E-state index contributed by atoms with van der Waals surface area (Å²) in [7, 11) is 0. The van der Waals surface area contributed by atoms with E-state index in [1.165, 1.54) is 12.1 Å². The van der Waals surface area contributed by atoms with E-state index in [0.717, 1.165) is 5.56 Å². The molecule has 0 aliphatic heterocycles. The third kappa shape index (κ3) is 4.82. The number of ether oxygens (including phenoxy) is 1. The molecule has 1 N–H and O–H groups in total. The van der Waals surface area contributed by atoms with E-state index in [1.54, 1.807) is 36.4 Å². The SMILES string of the molecule is CC(C)C(NC(=O)COc1cccc(C#N)c1)c1ccc(F)cc1. The molecule has 5 heteroatoms. The summed E-state index contributed by atoms with van der Waals surface area (Å²) >= 11 is 0. The third-order valence-electron chi connectivity index (χ3n) is 3.55. The molecule has 2 rings (SSSR count). The van der Waals surface area contributed by atoms with Crippen molar-refractivity contribution in [1.82, 2.24) is 5.32 Å². The molecule has 4 nitrogen and oxygen atoms in total. The van der Waals surface area contributed by atoms with Crippen LogP contribution < -0.4 is 10.1 Å². The summed E-state index contributed by atoms with van der Waals surface area (Å²) in [5.74, 6) is 0.0158. The van der Waals surface area contributed by atoms with Gasteiger partial charge in [0.2, 0.25) is 0 Å². The second kappa shape index (κ2) is 8.11. The highest BCUT2D eigenvalue weighted by molar-refractivity contribution is 5.78. The van der Waals surface area contributed by atoms with E-state index in [9.17, 15) is 9.18 Å². The molecule has 0 fully saturated rings. The molecule has 0 heterocycles. The summed E-state index contributed by atoms with van der Waals surface area (Å²) in [4.78, 5) is 12.2. The highest BCUT2D eigenvalue weighted by atomic mass is 19.1. The molecule has 0 aliphatic carbocycles. The van der Waals surface area contributed by atoms with Crippen molar-refractivity contribution in [2.45, 2.75) is 19.9 Å². The number of rotatable bonds is 6. The number of halogens is 1. The first-order valence-corrected chi connectivity index (χ1v) is 7.67. The minimum atomic E-state index is -0.312. The van der Waals surface area contributed by atoms with Crippen molar-refractivity contribution < 1.29 is 13.9 Å². The van der Waals surface area contributed by atoms with E-state index in [2.05, 4.69) is 5.32 Å². The molecule has 24 heavy (non-hydrogen) atoms. The average Bonchev–Trinajstić information content (AvgIpc) is 2.59. The molecule has 0 saturated heterocycles. The Morgan fingerprint density at radius 3 is 2.58 bits per heavy atom. The monoisotopic (exact) mass is 326 g/mol. The zero-order chi connectivity index (χ0) is 17.5. The Hall–Kier alpha value is -2.87. The third-order valence-corrected chi connectivity index (χ3v) is 3.55. The second-order valence-corrected chi connectivity index (χ2v) is 5.77. The standard InChI is InChI=1S/C19H19FN2O2/c1-13(2)19(15-6-8-16(20)9-7-15)22-18(23)12-24-17-5-3-4-14(10-17)11-21/h3-10,13,19H,12H2,1-2H3,(H,22,23). The Bertz CT molecular complexity index is 736. The lowest BCUT2D eigenvalue weighted by Crippen LogP contribution is -2.35. The van der Waals surface area contributed by atoms with Crippen LogP contribution in [-0.2, 0) is 4.79 Å². The van der Waals surface area contributed by atoms with E-state index < -0.39 is 0 Å². The van der Waals surface area contributed by atoms with Crippen molar-refractivity contribution in [3.05, 3.63) is 65.5 Å². The van der Waals surface area contributed by atoms with Crippen LogP contribution in [0.15, 0.2) is 48.5 Å². The van der Waals surface area contributed by atoms with Gasteiger partial charge in [0.05, 0.1) is 17.7 Å². The molecule has 1 unspecified atom stereocenters. The Labute approximate surface area is 140 Å². The van der Waals surface area contributed by atoms with Gasteiger partial charge in [-0.3, -0.25) is 4.79 Å². The Morgan fingerprint density at radius 1 is 1.25 bits per heavy atom. The van der Waals surface area contributed by atoms with E-state index in [1.807, 2.05) is 19.9 Å². The minimum Gasteiger partial charge on any atom is -0.484 e. The summed E-state index contributed by atoms with van der Waals surface area (Å²) in [6.45, 7) is 3.80. The fourth-order valence-corrected chi connectivity index (χ4v) is 2.32. The van der Waals surface area contributed by atoms with Gasteiger partial charge < -0.3 is 10.1 Å². The van der Waals surface area contributed by atoms with Crippen molar-refractivity contribution in [3.8, 4) is 11.8 Å². The van der Waals surface area contributed by atoms with Gasteiger partial charge in [0.25, 0.3) is 5.91 Å². The second-order valence-electron chi connectivity index (χ2n) is 5.77. The summed E-state index contributed by atoms with van der Waals surface area (Å²) in [5, 5.41) is 11.8. The van der Waals surface area contributed by atoms with Gasteiger partial charge in [-0.15, -0.1) is 0 Å². The van der Waals surface area contributed by atoms with Crippen LogP contribution in [0.2, 0.25) is 0 Å². The molecular weight excluding hydrogens is 307 g/mol. The highest BCUT2D eigenvalue weighted by Gasteiger charge is 2.18. The topological polar surface area (TPSA) is 62.1 Å². The molecule has 2 aromatic rings. The molecule has 0 spiro atoms. The molecule has 0 saturated carbocycles. The van der Waals surface area contributed by atoms with Gasteiger partial charge in [0.15, 0.2) is 6.61 Å². The predicted octanol–water partition coefficient (Wildman–Crippen LogP) is 3.59. The first-order valence-electron chi connectivity index (χ1n) is 7.67. The van der Waals surface area contributed by atoms with E-state index >= 15 is 0 Å². The number of nitrogens with one attached hydrogen (secondary N) is 1. The zero-order valence-electron chi connectivity index (χ0n) is 13.6. The van der Waals surface area contributed by atoms with Crippen molar-refractivity contribution in [2.24, 2.45) is 5.92 Å². The van der Waals surface area contributed by atoms with Crippen LogP contribution in [0.4, 0.5) is 4.39 Å². The maximum atomic E-state index is 13.1. The smallest absolute Gasteiger partial charge is 0.258 e. The quantitative estimate of drug-likeness (QED) is 0.882. The summed E-state index contributed by atoms with van der Waals surface area (Å²) in [5.41, 5.74) is 1.31. The van der Waals surface area contributed by atoms with Crippen LogP contribution in [0.25, 0.3) is 0 Å². The van der Waals surface area contributed by atoms with E-state index in [-0.39, 0.29) is 30.3 Å². The maximum Gasteiger partial charge on any atom is 0.258 e. The number of hydrogen-bond donors (Lipinski definition) is 1. The lowest BCUT2D eigenvalue weighted by molar-refractivity contribution is -0.124. The van der Waals surface area contributed by atoms with Crippen molar-refractivity contribution in [1.29, 1.82) is 5.26 Å². The number of nitrogens with zero attached hydrogens (tertiary/aromatic N) is 1. The molecule has 2 aromatic carbocycles. The molecule has 124 valence electrons. The Balaban J connectivity index is 1.98. The van der Waals surface area contributed by atoms with Crippen LogP contribution in [0.5, 0.6) is 5.75 Å². The van der Waals surface area contributed by atoms with E-state index in [0.29, 0.717) is 11.3 Å². The van der Waals surface area contributed by atoms with Gasteiger partial charge >= 0.3 is 0 Å². The molecule has 0 bridgehead atoms. The van der Waals surface area contributed by atoms with Gasteiger partial charge in [-0.1, -0.05) is 32.0 Å². The van der Waals surface area contributed by atoms with Gasteiger partial charge in [0.1, 0.15) is 11.6 Å². The van der Waals surface area contributed by atoms with E-state index in [4.69, 9.17) is 10.00 Å². The number of nitriles is 1. The Morgan fingerprint density at radius 2 is 1.96 bits per heavy atom. The minimum absolute atomic E-state index is 0.140. The highest BCUT2D eigenvalue weighted by Crippen LogP contribution is 2.22. The normalized spacial score (nSPS) is 11.6. The van der Waals surface area contributed by atoms with Gasteiger partial charge in [0, 0.05) is 0 Å². The van der Waals surface area contributed by atoms with Gasteiger partial charge in [-0.2, -0.15) is 5.26 Å². The zero-order valence-corrected chi connectivity index (χ0v) is 13.6. The van der Waals surface area contributed by atoms with Gasteiger partial charge in [-0.25, -0.2) is 4.39 Å². The van der Waals surface area contributed by atoms with Crippen molar-refractivity contribution in [3.63, 3.8) is 0 Å². The predicted molar refractivity (Wildman–Crippen MR) is 88.8 cm³/mol. The number of carbonyl (C=O) groups is 1. The summed E-state index contributed by atoms with van der Waals surface area (Å²) in [6.07, 6.45) is 0. The lowest BCUT2D eigenvalue weighted by atomic mass is 9.96. The number of amides is 1. The Kier molecular flexibility index (Phi) is 5.91. The molecule has 1 amide bonds. The summed E-state index contributed by atoms with van der Waals surface area (Å²) in [6, 6.07) is 14.5. The molecule has 0 aliphatic rings. The van der Waals surface area contributed by atoms with Crippen LogP contribution in [-0.4, -0.2) is 12.5 Å². The van der Waals surface area contributed by atoms with Crippen molar-refractivity contribution >= 4 is 5.91 Å².